The predicted molar refractivity (Wildman–Crippen MR) is 106 cm³/mol. The van der Waals surface area contributed by atoms with E-state index >= 15 is 0 Å². The van der Waals surface area contributed by atoms with Crippen LogP contribution in [-0.2, 0) is 6.54 Å². The van der Waals surface area contributed by atoms with Crippen molar-refractivity contribution in [3.05, 3.63) is 23.8 Å². The Bertz CT molecular complexity index is 594. The summed E-state index contributed by atoms with van der Waals surface area (Å²) < 4.78 is 10.8. The van der Waals surface area contributed by atoms with Gasteiger partial charge in [0, 0.05) is 32.2 Å². The molecule has 0 unspecified atom stereocenters. The maximum absolute atomic E-state index is 12.7. The van der Waals surface area contributed by atoms with Gasteiger partial charge < -0.3 is 19.7 Å². The zero-order chi connectivity index (χ0) is 19.1. The number of nitrogens with one attached hydrogen (secondary N) is 1. The van der Waals surface area contributed by atoms with Crippen molar-refractivity contribution >= 4 is 6.03 Å². The Hall–Kier alpha value is -1.95. The van der Waals surface area contributed by atoms with E-state index < -0.39 is 0 Å². The fraction of sp³-hybridized carbons (Fsp3) is 0.667. The lowest BCUT2D eigenvalue weighted by Gasteiger charge is -2.33. The van der Waals surface area contributed by atoms with E-state index in [1.165, 1.54) is 32.1 Å². The lowest BCUT2D eigenvalue weighted by Crippen LogP contribution is -2.43. The Morgan fingerprint density at radius 2 is 1.70 bits per heavy atom. The van der Waals surface area contributed by atoms with Crippen molar-refractivity contribution < 1.29 is 14.3 Å². The summed E-state index contributed by atoms with van der Waals surface area (Å²) in [7, 11) is 3.27. The van der Waals surface area contributed by atoms with E-state index in [1.807, 2.05) is 23.1 Å². The molecule has 1 aromatic carbocycles. The number of nitrogens with zero attached hydrogens (tertiary/aromatic N) is 2. The third-order valence-corrected chi connectivity index (χ3v) is 5.86. The van der Waals surface area contributed by atoms with Gasteiger partial charge in [0.05, 0.1) is 26.3 Å². The Kier molecular flexibility index (Phi) is 7.21. The van der Waals surface area contributed by atoms with Gasteiger partial charge in [0.25, 0.3) is 0 Å². The Morgan fingerprint density at radius 1 is 1.00 bits per heavy atom. The zero-order valence-corrected chi connectivity index (χ0v) is 16.7. The summed E-state index contributed by atoms with van der Waals surface area (Å²) in [5.41, 5.74) is 0.870. The van der Waals surface area contributed by atoms with E-state index in [9.17, 15) is 4.79 Å². The van der Waals surface area contributed by atoms with Crippen molar-refractivity contribution in [1.82, 2.24) is 15.1 Å². The molecule has 1 N–H and O–H groups in total. The van der Waals surface area contributed by atoms with Crippen LogP contribution in [0.4, 0.5) is 4.79 Å². The van der Waals surface area contributed by atoms with Gasteiger partial charge in [-0.25, -0.2) is 4.79 Å². The fourth-order valence-electron chi connectivity index (χ4n) is 4.33. The van der Waals surface area contributed by atoms with Gasteiger partial charge in [0.1, 0.15) is 11.5 Å². The second-order valence-electron chi connectivity index (χ2n) is 7.47. The molecule has 6 heteroatoms. The quantitative estimate of drug-likeness (QED) is 0.858. The standard InChI is InChI=1S/C21H33N3O3/c1-26-19-10-6-11-20(27-2)18(19)16-22-21(25)24-13-7-12-23(14-15-24)17-8-4-3-5-9-17/h6,10-11,17H,3-5,7-9,12-16H2,1-2H3,(H,22,25). The number of carbonyl (C=O) groups excluding carboxylic acids is 1. The van der Waals surface area contributed by atoms with Crippen molar-refractivity contribution in [2.45, 2.75) is 51.1 Å². The first-order valence-corrected chi connectivity index (χ1v) is 10.2. The molecule has 0 radical (unpaired) electrons. The number of ether oxygens (including phenoxy) is 2. The molecular weight excluding hydrogens is 342 g/mol. The van der Waals surface area contributed by atoms with Crippen molar-refractivity contribution in [2.75, 3.05) is 40.4 Å². The van der Waals surface area contributed by atoms with E-state index in [0.29, 0.717) is 6.54 Å². The molecular formula is C21H33N3O3. The molecule has 2 aliphatic rings. The average molecular weight is 376 g/mol. The smallest absolute Gasteiger partial charge is 0.317 e. The van der Waals surface area contributed by atoms with Crippen LogP contribution in [0.2, 0.25) is 0 Å². The minimum atomic E-state index is -0.00606. The van der Waals surface area contributed by atoms with E-state index in [1.54, 1.807) is 14.2 Å². The number of benzene rings is 1. The molecule has 1 aromatic rings. The van der Waals surface area contributed by atoms with Crippen LogP contribution in [0.5, 0.6) is 11.5 Å². The van der Waals surface area contributed by atoms with Crippen LogP contribution in [0, 0.1) is 0 Å². The predicted octanol–water partition coefficient (Wildman–Crippen LogP) is 3.25. The number of rotatable bonds is 5. The summed E-state index contributed by atoms with van der Waals surface area (Å²) in [6, 6.07) is 6.38. The molecule has 0 spiro atoms. The molecule has 1 saturated carbocycles. The van der Waals surface area contributed by atoms with Crippen LogP contribution in [-0.4, -0.2) is 62.3 Å². The van der Waals surface area contributed by atoms with Gasteiger partial charge in [0.2, 0.25) is 0 Å². The van der Waals surface area contributed by atoms with Gasteiger partial charge in [-0.2, -0.15) is 0 Å². The Balaban J connectivity index is 1.54. The minimum Gasteiger partial charge on any atom is -0.496 e. The normalized spacial score (nSPS) is 19.4. The number of amides is 2. The largest absolute Gasteiger partial charge is 0.496 e. The molecule has 2 amide bonds. The maximum Gasteiger partial charge on any atom is 0.317 e. The number of methoxy groups -OCH3 is 2. The van der Waals surface area contributed by atoms with Crippen LogP contribution in [0.25, 0.3) is 0 Å². The van der Waals surface area contributed by atoms with E-state index in [-0.39, 0.29) is 6.03 Å². The minimum absolute atomic E-state index is 0.00606. The lowest BCUT2D eigenvalue weighted by atomic mass is 9.94. The molecule has 3 rings (SSSR count). The summed E-state index contributed by atoms with van der Waals surface area (Å²) in [5.74, 6) is 1.46. The third kappa shape index (κ3) is 5.06. The van der Waals surface area contributed by atoms with Gasteiger partial charge in [0.15, 0.2) is 0 Å². The van der Waals surface area contributed by atoms with Crippen molar-refractivity contribution in [2.24, 2.45) is 0 Å². The van der Waals surface area contributed by atoms with Crippen LogP contribution >= 0.6 is 0 Å². The van der Waals surface area contributed by atoms with Crippen molar-refractivity contribution in [1.29, 1.82) is 0 Å². The molecule has 2 fully saturated rings. The number of carbonyl (C=O) groups is 1. The molecule has 0 atom stereocenters. The lowest BCUT2D eigenvalue weighted by molar-refractivity contribution is 0.159. The molecule has 1 aliphatic carbocycles. The van der Waals surface area contributed by atoms with Crippen LogP contribution in [0.3, 0.4) is 0 Å². The van der Waals surface area contributed by atoms with Gasteiger partial charge >= 0.3 is 6.03 Å². The second-order valence-corrected chi connectivity index (χ2v) is 7.47. The highest BCUT2D eigenvalue weighted by atomic mass is 16.5. The molecule has 6 nitrogen and oxygen atoms in total. The SMILES string of the molecule is COc1cccc(OC)c1CNC(=O)N1CCCN(C2CCCCC2)CC1. The van der Waals surface area contributed by atoms with E-state index in [2.05, 4.69) is 10.2 Å². The first-order chi connectivity index (χ1) is 13.2. The van der Waals surface area contributed by atoms with Gasteiger partial charge in [-0.05, 0) is 31.4 Å². The number of hydrogen-bond acceptors (Lipinski definition) is 4. The molecule has 0 bridgehead atoms. The zero-order valence-electron chi connectivity index (χ0n) is 16.7. The van der Waals surface area contributed by atoms with E-state index in [0.717, 1.165) is 55.7 Å². The van der Waals surface area contributed by atoms with E-state index in [4.69, 9.17) is 9.47 Å². The van der Waals surface area contributed by atoms with Crippen molar-refractivity contribution in [3.8, 4) is 11.5 Å². The van der Waals surface area contributed by atoms with Crippen LogP contribution < -0.4 is 14.8 Å². The highest BCUT2D eigenvalue weighted by Gasteiger charge is 2.25. The first kappa shape index (κ1) is 19.8. The van der Waals surface area contributed by atoms with Crippen LogP contribution in [0.15, 0.2) is 18.2 Å². The number of urea groups is 1. The first-order valence-electron chi connectivity index (χ1n) is 10.2. The second kappa shape index (κ2) is 9.83. The summed E-state index contributed by atoms with van der Waals surface area (Å²) in [6.45, 7) is 4.10. The van der Waals surface area contributed by atoms with Gasteiger partial charge in [-0.15, -0.1) is 0 Å². The van der Waals surface area contributed by atoms with Gasteiger partial charge in [-0.3, -0.25) is 4.90 Å². The maximum atomic E-state index is 12.7. The third-order valence-electron chi connectivity index (χ3n) is 5.86. The molecule has 0 aromatic heterocycles. The summed E-state index contributed by atoms with van der Waals surface area (Å²) in [6.07, 6.45) is 7.77. The van der Waals surface area contributed by atoms with Crippen LogP contribution in [0.1, 0.15) is 44.1 Å². The average Bonchev–Trinajstić information content (AvgIpc) is 2.98. The highest BCUT2D eigenvalue weighted by Crippen LogP contribution is 2.28. The summed E-state index contributed by atoms with van der Waals surface area (Å²) in [5, 5.41) is 3.05. The molecule has 150 valence electrons. The fourth-order valence-corrected chi connectivity index (χ4v) is 4.33. The molecule has 1 saturated heterocycles. The molecule has 1 aliphatic heterocycles. The molecule has 27 heavy (non-hydrogen) atoms. The summed E-state index contributed by atoms with van der Waals surface area (Å²) in [4.78, 5) is 17.3. The summed E-state index contributed by atoms with van der Waals surface area (Å²) >= 11 is 0. The Labute approximate surface area is 162 Å². The number of hydrogen-bond donors (Lipinski definition) is 1. The Morgan fingerprint density at radius 3 is 2.37 bits per heavy atom. The molecule has 1 heterocycles. The monoisotopic (exact) mass is 375 g/mol. The van der Waals surface area contributed by atoms with Crippen molar-refractivity contribution in [3.63, 3.8) is 0 Å². The topological polar surface area (TPSA) is 54.0 Å². The highest BCUT2D eigenvalue weighted by molar-refractivity contribution is 5.74. The van der Waals surface area contributed by atoms with Gasteiger partial charge in [-0.1, -0.05) is 25.3 Å².